The average molecular weight is 303 g/mol. The maximum Gasteiger partial charge on any atom is 0.0473 e. The number of rotatable bonds is 5. The molecule has 0 aliphatic heterocycles. The van der Waals surface area contributed by atoms with E-state index in [2.05, 4.69) is 50.1 Å². The fourth-order valence-corrected chi connectivity index (χ4v) is 2.94. The molecule has 0 heterocycles. The Bertz CT molecular complexity index is 610. The highest BCUT2D eigenvalue weighted by molar-refractivity contribution is 6.31. The quantitative estimate of drug-likeness (QED) is 0.901. The van der Waals surface area contributed by atoms with Gasteiger partial charge in [0.25, 0.3) is 0 Å². The Morgan fingerprint density at radius 3 is 2.48 bits per heavy atom. The molecule has 0 saturated carbocycles. The van der Waals surface area contributed by atoms with Crippen molar-refractivity contribution in [2.75, 3.05) is 13.6 Å². The second-order valence-corrected chi connectivity index (χ2v) is 6.03. The van der Waals surface area contributed by atoms with E-state index in [1.165, 1.54) is 16.7 Å². The van der Waals surface area contributed by atoms with Crippen molar-refractivity contribution in [1.29, 1.82) is 0 Å². The molecule has 112 valence electrons. The van der Waals surface area contributed by atoms with E-state index in [0.717, 1.165) is 17.1 Å². The first-order chi connectivity index (χ1) is 10.0. The minimum Gasteiger partial charge on any atom is -0.329 e. The Labute approximate surface area is 132 Å². The molecule has 0 amide bonds. The van der Waals surface area contributed by atoms with Crippen LogP contribution < -0.4 is 5.73 Å². The summed E-state index contributed by atoms with van der Waals surface area (Å²) in [6.45, 7) is 5.63. The first-order valence-corrected chi connectivity index (χ1v) is 7.61. The highest BCUT2D eigenvalue weighted by Crippen LogP contribution is 2.26. The Balaban J connectivity index is 2.22. The molecule has 0 aliphatic carbocycles. The first kappa shape index (κ1) is 16.0. The molecule has 0 saturated heterocycles. The lowest BCUT2D eigenvalue weighted by Gasteiger charge is -2.29. The van der Waals surface area contributed by atoms with E-state index in [9.17, 15) is 0 Å². The molecule has 2 aromatic carbocycles. The van der Waals surface area contributed by atoms with Gasteiger partial charge in [0.1, 0.15) is 0 Å². The van der Waals surface area contributed by atoms with Crippen molar-refractivity contribution in [2.24, 2.45) is 5.73 Å². The topological polar surface area (TPSA) is 29.3 Å². The van der Waals surface area contributed by atoms with Crippen LogP contribution in [0.4, 0.5) is 0 Å². The predicted molar refractivity (Wildman–Crippen MR) is 90.6 cm³/mol. The second kappa shape index (κ2) is 7.08. The van der Waals surface area contributed by atoms with Crippen molar-refractivity contribution < 1.29 is 0 Å². The molecule has 1 unspecified atom stereocenters. The molecule has 0 fully saturated rings. The summed E-state index contributed by atoms with van der Waals surface area (Å²) in [6.07, 6.45) is 0. The minimum atomic E-state index is 0.196. The summed E-state index contributed by atoms with van der Waals surface area (Å²) in [4.78, 5) is 2.26. The molecular weight excluding hydrogens is 280 g/mol. The van der Waals surface area contributed by atoms with Gasteiger partial charge in [-0.25, -0.2) is 0 Å². The predicted octanol–water partition coefficient (Wildman–Crippen LogP) is 4.09. The van der Waals surface area contributed by atoms with Gasteiger partial charge in [0.2, 0.25) is 0 Å². The number of benzene rings is 2. The van der Waals surface area contributed by atoms with Gasteiger partial charge in [0, 0.05) is 24.2 Å². The van der Waals surface area contributed by atoms with Crippen LogP contribution in [0.15, 0.2) is 42.5 Å². The minimum absolute atomic E-state index is 0.196. The Kier molecular flexibility index (Phi) is 5.40. The van der Waals surface area contributed by atoms with Gasteiger partial charge in [0.05, 0.1) is 0 Å². The SMILES string of the molecule is Cc1ccc(C(CN)N(C)Cc2ccccc2Cl)c(C)c1. The van der Waals surface area contributed by atoms with Crippen molar-refractivity contribution in [1.82, 2.24) is 4.90 Å². The third kappa shape index (κ3) is 3.85. The van der Waals surface area contributed by atoms with Gasteiger partial charge >= 0.3 is 0 Å². The largest absolute Gasteiger partial charge is 0.329 e. The fourth-order valence-electron chi connectivity index (χ4n) is 2.75. The zero-order chi connectivity index (χ0) is 15.4. The standard InChI is InChI=1S/C18H23ClN2/c1-13-8-9-16(14(2)10-13)18(11-20)21(3)12-15-6-4-5-7-17(15)19/h4-10,18H,11-12,20H2,1-3H3. The van der Waals surface area contributed by atoms with Crippen molar-refractivity contribution >= 4 is 11.6 Å². The summed E-state index contributed by atoms with van der Waals surface area (Å²) in [5.41, 5.74) is 11.0. The third-order valence-electron chi connectivity index (χ3n) is 3.92. The van der Waals surface area contributed by atoms with Gasteiger partial charge < -0.3 is 5.73 Å². The summed E-state index contributed by atoms with van der Waals surface area (Å²) < 4.78 is 0. The smallest absolute Gasteiger partial charge is 0.0473 e. The van der Waals surface area contributed by atoms with Gasteiger partial charge in [-0.15, -0.1) is 0 Å². The highest BCUT2D eigenvalue weighted by Gasteiger charge is 2.18. The Morgan fingerprint density at radius 1 is 1.14 bits per heavy atom. The van der Waals surface area contributed by atoms with Gasteiger partial charge in [-0.3, -0.25) is 4.90 Å². The number of hydrogen-bond donors (Lipinski definition) is 1. The van der Waals surface area contributed by atoms with Crippen molar-refractivity contribution in [3.63, 3.8) is 0 Å². The Morgan fingerprint density at radius 2 is 1.86 bits per heavy atom. The van der Waals surface area contributed by atoms with Gasteiger partial charge in [-0.1, -0.05) is 53.6 Å². The van der Waals surface area contributed by atoms with Gasteiger partial charge in [-0.2, -0.15) is 0 Å². The van der Waals surface area contributed by atoms with E-state index < -0.39 is 0 Å². The summed E-state index contributed by atoms with van der Waals surface area (Å²) in [5, 5.41) is 0.806. The monoisotopic (exact) mass is 302 g/mol. The molecule has 0 aliphatic rings. The molecule has 2 nitrogen and oxygen atoms in total. The van der Waals surface area contributed by atoms with E-state index in [4.69, 9.17) is 17.3 Å². The number of nitrogens with zero attached hydrogens (tertiary/aromatic N) is 1. The summed E-state index contributed by atoms with van der Waals surface area (Å²) >= 11 is 6.26. The molecule has 2 aromatic rings. The summed E-state index contributed by atoms with van der Waals surface area (Å²) in [7, 11) is 2.10. The van der Waals surface area contributed by atoms with Crippen molar-refractivity contribution in [2.45, 2.75) is 26.4 Å². The number of aryl methyl sites for hydroxylation is 2. The zero-order valence-corrected chi connectivity index (χ0v) is 13.7. The van der Waals surface area contributed by atoms with Crippen molar-refractivity contribution in [3.05, 3.63) is 69.7 Å². The average Bonchev–Trinajstić information content (AvgIpc) is 2.44. The molecule has 0 bridgehead atoms. The molecule has 0 spiro atoms. The molecule has 0 radical (unpaired) electrons. The molecule has 1 atom stereocenters. The number of halogens is 1. The van der Waals surface area contributed by atoms with Crippen LogP contribution in [-0.2, 0) is 6.54 Å². The van der Waals surface area contributed by atoms with Crippen LogP contribution in [-0.4, -0.2) is 18.5 Å². The van der Waals surface area contributed by atoms with Crippen LogP contribution in [0.1, 0.15) is 28.3 Å². The lowest BCUT2D eigenvalue weighted by Crippen LogP contribution is -2.30. The van der Waals surface area contributed by atoms with E-state index in [1.807, 2.05) is 18.2 Å². The number of nitrogens with two attached hydrogens (primary N) is 1. The van der Waals surface area contributed by atoms with Crippen LogP contribution in [0, 0.1) is 13.8 Å². The van der Waals surface area contributed by atoms with Crippen LogP contribution in [0.3, 0.4) is 0 Å². The molecule has 3 heteroatoms. The van der Waals surface area contributed by atoms with E-state index >= 15 is 0 Å². The van der Waals surface area contributed by atoms with E-state index in [1.54, 1.807) is 0 Å². The van der Waals surface area contributed by atoms with Crippen LogP contribution >= 0.6 is 11.6 Å². The molecule has 21 heavy (non-hydrogen) atoms. The number of hydrogen-bond acceptors (Lipinski definition) is 2. The molecule has 2 rings (SSSR count). The van der Waals surface area contributed by atoms with Crippen LogP contribution in [0.2, 0.25) is 5.02 Å². The van der Waals surface area contributed by atoms with E-state index in [-0.39, 0.29) is 6.04 Å². The molecule has 0 aromatic heterocycles. The molecule has 2 N–H and O–H groups in total. The maximum atomic E-state index is 6.26. The van der Waals surface area contributed by atoms with Crippen LogP contribution in [0.25, 0.3) is 0 Å². The summed E-state index contributed by atoms with van der Waals surface area (Å²) in [6, 6.07) is 14.7. The fraction of sp³-hybridized carbons (Fsp3) is 0.333. The van der Waals surface area contributed by atoms with Gasteiger partial charge in [0.15, 0.2) is 0 Å². The van der Waals surface area contributed by atoms with Crippen molar-refractivity contribution in [3.8, 4) is 0 Å². The van der Waals surface area contributed by atoms with Crippen LogP contribution in [0.5, 0.6) is 0 Å². The first-order valence-electron chi connectivity index (χ1n) is 7.23. The van der Waals surface area contributed by atoms with Gasteiger partial charge in [-0.05, 0) is 43.7 Å². The highest BCUT2D eigenvalue weighted by atomic mass is 35.5. The lowest BCUT2D eigenvalue weighted by atomic mass is 9.98. The lowest BCUT2D eigenvalue weighted by molar-refractivity contribution is 0.241. The zero-order valence-electron chi connectivity index (χ0n) is 12.9. The second-order valence-electron chi connectivity index (χ2n) is 5.62. The maximum absolute atomic E-state index is 6.26. The normalized spacial score (nSPS) is 12.7. The van der Waals surface area contributed by atoms with E-state index in [0.29, 0.717) is 6.54 Å². The Hall–Kier alpha value is -1.35. The molecular formula is C18H23ClN2. The summed E-state index contributed by atoms with van der Waals surface area (Å²) in [5.74, 6) is 0. The number of likely N-dealkylation sites (N-methyl/N-ethyl adjacent to an activating group) is 1. The third-order valence-corrected chi connectivity index (χ3v) is 4.29.